The Kier molecular flexibility index (Phi) is 4.01. The third-order valence-electron chi connectivity index (χ3n) is 7.98. The van der Waals surface area contributed by atoms with Gasteiger partial charge in [0.25, 0.3) is 0 Å². The lowest BCUT2D eigenvalue weighted by Crippen LogP contribution is -2.64. The lowest BCUT2D eigenvalue weighted by molar-refractivity contribution is -0.144. The van der Waals surface area contributed by atoms with Gasteiger partial charge in [-0.25, -0.2) is 0 Å². The van der Waals surface area contributed by atoms with Crippen LogP contribution in [0.1, 0.15) is 57.4 Å². The Balaban J connectivity index is 1.81. The van der Waals surface area contributed by atoms with Gasteiger partial charge in [0.1, 0.15) is 0 Å². The molecule has 5 rings (SSSR count). The van der Waals surface area contributed by atoms with E-state index in [0.29, 0.717) is 17.3 Å². The summed E-state index contributed by atoms with van der Waals surface area (Å²) in [4.78, 5) is 0.771. The summed E-state index contributed by atoms with van der Waals surface area (Å²) in [6.07, 6.45) is 8.53. The van der Waals surface area contributed by atoms with E-state index in [0.717, 1.165) is 23.7 Å². The van der Waals surface area contributed by atoms with Gasteiger partial charge < -0.3 is 5.73 Å². The van der Waals surface area contributed by atoms with E-state index in [4.69, 9.17) is 29.6 Å². The van der Waals surface area contributed by atoms with Gasteiger partial charge in [-0.05, 0) is 73.2 Å². The second-order valence-electron chi connectivity index (χ2n) is 8.70. The maximum Gasteiger partial charge on any atom is 0.0790 e. The number of thiocarbonyl (C=S) groups is 1. The Hall–Kier alpha value is -0.600. The molecule has 4 fully saturated rings. The summed E-state index contributed by atoms with van der Waals surface area (Å²) in [5.74, 6) is 2.20. The van der Waals surface area contributed by atoms with Crippen LogP contribution in [0.5, 0.6) is 0 Å². The summed E-state index contributed by atoms with van der Waals surface area (Å²) in [6.45, 7) is 2.37. The zero-order chi connectivity index (χ0) is 17.0. The van der Waals surface area contributed by atoms with Crippen LogP contribution in [0.25, 0.3) is 0 Å². The first-order valence-electron chi connectivity index (χ1n) is 9.42. The first-order valence-corrected chi connectivity index (χ1v) is 10.4. The summed E-state index contributed by atoms with van der Waals surface area (Å²) >= 11 is 11.9. The van der Waals surface area contributed by atoms with Crippen LogP contribution in [-0.4, -0.2) is 10.9 Å². The molecule has 1 nitrogen and oxygen atoms in total. The summed E-state index contributed by atoms with van der Waals surface area (Å²) in [5, 5.41) is 0. The highest BCUT2D eigenvalue weighted by molar-refractivity contribution is 7.80. The number of benzene rings is 1. The van der Waals surface area contributed by atoms with Gasteiger partial charge in [0, 0.05) is 11.3 Å². The number of hydrogen-bond acceptors (Lipinski definition) is 1. The van der Waals surface area contributed by atoms with Gasteiger partial charge >= 0.3 is 0 Å². The van der Waals surface area contributed by atoms with Crippen molar-refractivity contribution in [2.45, 2.75) is 57.3 Å². The van der Waals surface area contributed by atoms with E-state index in [1.807, 2.05) is 0 Å². The van der Waals surface area contributed by atoms with Crippen molar-refractivity contribution >= 4 is 28.8 Å². The van der Waals surface area contributed by atoms with Gasteiger partial charge in [-0.2, -0.15) is 0 Å². The smallest absolute Gasteiger partial charge is 0.0790 e. The van der Waals surface area contributed by atoms with Gasteiger partial charge in [-0.3, -0.25) is 0 Å². The Morgan fingerprint density at radius 3 is 2.29 bits per heavy atom. The molecule has 0 amide bonds. The Bertz CT molecular complexity index is 624. The fraction of sp³-hybridized carbons (Fsp3) is 0.667. The molecule has 1 aromatic rings. The van der Waals surface area contributed by atoms with Crippen molar-refractivity contribution < 1.29 is 0 Å². The molecule has 4 aliphatic rings. The van der Waals surface area contributed by atoms with Gasteiger partial charge in [0.15, 0.2) is 0 Å². The fourth-order valence-corrected chi connectivity index (χ4v) is 7.63. The lowest BCUT2D eigenvalue weighted by Gasteiger charge is -2.69. The van der Waals surface area contributed by atoms with Gasteiger partial charge in [0.05, 0.1) is 4.99 Å². The third-order valence-corrected chi connectivity index (χ3v) is 8.60. The molecule has 4 bridgehead atoms. The van der Waals surface area contributed by atoms with Crippen LogP contribution in [-0.2, 0) is 5.41 Å². The van der Waals surface area contributed by atoms with Crippen LogP contribution >= 0.6 is 23.8 Å². The summed E-state index contributed by atoms with van der Waals surface area (Å²) in [6, 6.07) is 11.2. The summed E-state index contributed by atoms with van der Waals surface area (Å²) < 4.78 is 0. The number of nitrogens with two attached hydrogens (primary N) is 1. The van der Waals surface area contributed by atoms with Crippen LogP contribution in [0.3, 0.4) is 0 Å². The number of rotatable bonds is 5. The summed E-state index contributed by atoms with van der Waals surface area (Å²) in [7, 11) is 0. The minimum atomic E-state index is 0.0853. The Morgan fingerprint density at radius 1 is 1.17 bits per heavy atom. The first kappa shape index (κ1) is 16.8. The monoisotopic (exact) mass is 361 g/mol. The molecule has 0 radical (unpaired) electrons. The van der Waals surface area contributed by atoms with Gasteiger partial charge in [0.2, 0.25) is 0 Å². The van der Waals surface area contributed by atoms with Crippen LogP contribution in [0.15, 0.2) is 30.3 Å². The molecule has 0 aliphatic heterocycles. The highest BCUT2D eigenvalue weighted by Gasteiger charge is 2.66. The molecule has 4 saturated carbocycles. The zero-order valence-electron chi connectivity index (χ0n) is 14.6. The SMILES string of the molecule is CCC1(CCCl)C2CC3(C(N)=S)CC1CC(c1ccccc1)(C2)C3. The molecule has 0 heterocycles. The molecule has 3 heteroatoms. The molecule has 0 saturated heterocycles. The molecule has 2 unspecified atom stereocenters. The maximum atomic E-state index is 6.34. The van der Waals surface area contributed by atoms with Crippen molar-refractivity contribution in [3.8, 4) is 0 Å². The zero-order valence-corrected chi connectivity index (χ0v) is 16.1. The normalized spacial score (nSPS) is 43.1. The molecule has 1 aromatic carbocycles. The third kappa shape index (κ3) is 2.15. The number of hydrogen-bond donors (Lipinski definition) is 1. The molecule has 2 N–H and O–H groups in total. The van der Waals surface area contributed by atoms with E-state index < -0.39 is 0 Å². The first-order chi connectivity index (χ1) is 11.5. The molecule has 24 heavy (non-hydrogen) atoms. The highest BCUT2D eigenvalue weighted by Crippen LogP contribution is 2.72. The standard InChI is InChI=1S/C21H28ClNS/c1-2-21(8-9-22)16-10-19(15-6-4-3-5-7-15)11-17(21)13-20(12-16,14-19)18(23)24/h3-7,16-17H,2,8-14H2,1H3,(H2,23,24). The average Bonchev–Trinajstić information content (AvgIpc) is 2.58. The second-order valence-corrected chi connectivity index (χ2v) is 9.52. The van der Waals surface area contributed by atoms with E-state index in [9.17, 15) is 0 Å². The van der Waals surface area contributed by atoms with Crippen molar-refractivity contribution in [1.82, 2.24) is 0 Å². The molecule has 0 spiro atoms. The van der Waals surface area contributed by atoms with E-state index in [2.05, 4.69) is 37.3 Å². The van der Waals surface area contributed by atoms with Crippen molar-refractivity contribution in [2.75, 3.05) is 5.88 Å². The molecule has 4 aliphatic carbocycles. The Morgan fingerprint density at radius 2 is 1.79 bits per heavy atom. The van der Waals surface area contributed by atoms with E-state index in [1.165, 1.54) is 37.7 Å². The van der Waals surface area contributed by atoms with Crippen LogP contribution in [0.4, 0.5) is 0 Å². The van der Waals surface area contributed by atoms with Crippen LogP contribution in [0.2, 0.25) is 0 Å². The predicted molar refractivity (Wildman–Crippen MR) is 105 cm³/mol. The van der Waals surface area contributed by atoms with Crippen molar-refractivity contribution in [3.63, 3.8) is 0 Å². The molecule has 0 aromatic heterocycles. The van der Waals surface area contributed by atoms with Crippen molar-refractivity contribution in [3.05, 3.63) is 35.9 Å². The van der Waals surface area contributed by atoms with E-state index in [1.54, 1.807) is 0 Å². The van der Waals surface area contributed by atoms with Crippen LogP contribution in [0, 0.1) is 22.7 Å². The van der Waals surface area contributed by atoms with E-state index >= 15 is 0 Å². The van der Waals surface area contributed by atoms with Crippen LogP contribution < -0.4 is 5.73 Å². The topological polar surface area (TPSA) is 26.0 Å². The predicted octanol–water partition coefficient (Wildman–Crippen LogP) is 5.45. The molecular formula is C21H28ClNS. The fourth-order valence-electron chi connectivity index (χ4n) is 7.04. The van der Waals surface area contributed by atoms with E-state index in [-0.39, 0.29) is 10.8 Å². The lowest BCUT2D eigenvalue weighted by atomic mass is 9.35. The molecule has 130 valence electrons. The highest BCUT2D eigenvalue weighted by atomic mass is 35.5. The van der Waals surface area contributed by atoms with Crippen molar-refractivity contribution in [1.29, 1.82) is 0 Å². The Labute approximate surface area is 156 Å². The molecule has 2 atom stereocenters. The maximum absolute atomic E-state index is 6.34. The van der Waals surface area contributed by atoms with Gasteiger partial charge in [-0.1, -0.05) is 49.5 Å². The van der Waals surface area contributed by atoms with Gasteiger partial charge in [-0.15, -0.1) is 11.6 Å². The number of halogens is 1. The largest absolute Gasteiger partial charge is 0.393 e. The summed E-state index contributed by atoms with van der Waals surface area (Å²) in [5.41, 5.74) is 8.62. The molecular weight excluding hydrogens is 334 g/mol. The number of alkyl halides is 1. The minimum Gasteiger partial charge on any atom is -0.393 e. The quantitative estimate of drug-likeness (QED) is 0.557. The average molecular weight is 362 g/mol. The minimum absolute atomic E-state index is 0.0853. The second kappa shape index (κ2) is 5.71. The van der Waals surface area contributed by atoms with Crippen molar-refractivity contribution in [2.24, 2.45) is 28.4 Å².